The number of rotatable bonds is 5. The molecule has 4 rings (SSSR count). The van der Waals surface area contributed by atoms with E-state index in [2.05, 4.69) is 33.7 Å². The van der Waals surface area contributed by atoms with Crippen LogP contribution in [0.4, 0.5) is 5.69 Å². The summed E-state index contributed by atoms with van der Waals surface area (Å²) in [6.45, 7) is 6.47. The van der Waals surface area contributed by atoms with E-state index < -0.39 is 0 Å². The maximum atomic E-state index is 6.45. The summed E-state index contributed by atoms with van der Waals surface area (Å²) in [5, 5.41) is 6.81. The molecule has 25 heavy (non-hydrogen) atoms. The Balaban J connectivity index is 1.51. The number of benzene rings is 1. The maximum absolute atomic E-state index is 6.45. The van der Waals surface area contributed by atoms with Crippen molar-refractivity contribution in [3.63, 3.8) is 0 Å². The minimum Gasteiger partial charge on any atom is -0.490 e. The van der Waals surface area contributed by atoms with Gasteiger partial charge in [-0.25, -0.2) is 0 Å². The molecule has 3 aliphatic rings. The normalized spacial score (nSPS) is 23.0. The van der Waals surface area contributed by atoms with Gasteiger partial charge >= 0.3 is 0 Å². The molecule has 0 spiro atoms. The molecule has 3 fully saturated rings. The van der Waals surface area contributed by atoms with Gasteiger partial charge in [-0.2, -0.15) is 0 Å². The molecule has 1 aromatic carbocycles. The first-order chi connectivity index (χ1) is 12.4. The van der Waals surface area contributed by atoms with Crippen LogP contribution in [0, 0.1) is 0 Å². The van der Waals surface area contributed by atoms with Crippen molar-refractivity contribution >= 4 is 5.69 Å². The van der Waals surface area contributed by atoms with Gasteiger partial charge in [-0.3, -0.25) is 0 Å². The standard InChI is InChI=1S/C20H31N3O2/c1-2-14-23(13-1)19-4-3-18(24-16-5-9-21-10-6-16)15-20(19)25-17-7-11-22-12-8-17/h3-4,15-17,21-22H,1-2,5-14H2. The van der Waals surface area contributed by atoms with Crippen LogP contribution in [0.3, 0.4) is 0 Å². The number of ether oxygens (including phenoxy) is 2. The molecular formula is C20H31N3O2. The number of anilines is 1. The molecule has 1 aromatic rings. The van der Waals surface area contributed by atoms with E-state index in [4.69, 9.17) is 9.47 Å². The average molecular weight is 345 g/mol. The summed E-state index contributed by atoms with van der Waals surface area (Å²) in [4.78, 5) is 2.46. The number of hydrogen-bond donors (Lipinski definition) is 2. The van der Waals surface area contributed by atoms with Crippen LogP contribution < -0.4 is 25.0 Å². The van der Waals surface area contributed by atoms with Gasteiger partial charge in [0.2, 0.25) is 0 Å². The van der Waals surface area contributed by atoms with Gasteiger partial charge < -0.3 is 25.0 Å². The molecule has 0 amide bonds. The molecular weight excluding hydrogens is 314 g/mol. The zero-order valence-corrected chi connectivity index (χ0v) is 15.1. The number of hydrogen-bond acceptors (Lipinski definition) is 5. The van der Waals surface area contributed by atoms with E-state index in [1.165, 1.54) is 18.5 Å². The van der Waals surface area contributed by atoms with Crippen LogP contribution in [0.5, 0.6) is 11.5 Å². The Bertz CT molecular complexity index is 548. The smallest absolute Gasteiger partial charge is 0.146 e. The van der Waals surface area contributed by atoms with E-state index in [1.54, 1.807) is 0 Å². The van der Waals surface area contributed by atoms with Crippen molar-refractivity contribution in [1.82, 2.24) is 10.6 Å². The van der Waals surface area contributed by atoms with E-state index in [-0.39, 0.29) is 0 Å². The average Bonchev–Trinajstić information content (AvgIpc) is 3.18. The Morgan fingerprint density at radius 3 is 2.04 bits per heavy atom. The predicted molar refractivity (Wildman–Crippen MR) is 101 cm³/mol. The van der Waals surface area contributed by atoms with Crippen molar-refractivity contribution in [3.05, 3.63) is 18.2 Å². The van der Waals surface area contributed by atoms with Gasteiger partial charge in [0, 0.05) is 19.2 Å². The van der Waals surface area contributed by atoms with Crippen LogP contribution in [-0.4, -0.2) is 51.5 Å². The van der Waals surface area contributed by atoms with E-state index >= 15 is 0 Å². The topological polar surface area (TPSA) is 45.8 Å². The Morgan fingerprint density at radius 1 is 0.800 bits per heavy atom. The highest BCUT2D eigenvalue weighted by molar-refractivity contribution is 5.61. The zero-order valence-electron chi connectivity index (χ0n) is 15.1. The Morgan fingerprint density at radius 2 is 1.40 bits per heavy atom. The molecule has 0 radical (unpaired) electrons. The van der Waals surface area contributed by atoms with Gasteiger partial charge in [-0.05, 0) is 76.8 Å². The quantitative estimate of drug-likeness (QED) is 0.859. The zero-order chi connectivity index (χ0) is 16.9. The number of piperidine rings is 2. The third-order valence-corrected chi connectivity index (χ3v) is 5.55. The molecule has 0 bridgehead atoms. The van der Waals surface area contributed by atoms with Crippen LogP contribution in [0.25, 0.3) is 0 Å². The molecule has 0 saturated carbocycles. The fourth-order valence-corrected chi connectivity index (χ4v) is 4.08. The lowest BCUT2D eigenvalue weighted by Crippen LogP contribution is -2.35. The number of nitrogens with zero attached hydrogens (tertiary/aromatic N) is 1. The van der Waals surface area contributed by atoms with Crippen LogP contribution in [0.2, 0.25) is 0 Å². The molecule has 2 N–H and O–H groups in total. The molecule has 0 aromatic heterocycles. The van der Waals surface area contributed by atoms with Crippen LogP contribution in [0.1, 0.15) is 38.5 Å². The van der Waals surface area contributed by atoms with Crippen LogP contribution >= 0.6 is 0 Å². The highest BCUT2D eigenvalue weighted by Crippen LogP contribution is 2.36. The molecule has 0 aliphatic carbocycles. The van der Waals surface area contributed by atoms with Crippen molar-refractivity contribution in [2.45, 2.75) is 50.7 Å². The lowest BCUT2D eigenvalue weighted by molar-refractivity contribution is 0.153. The summed E-state index contributed by atoms with van der Waals surface area (Å²) in [5.74, 6) is 1.97. The molecule has 0 atom stereocenters. The van der Waals surface area contributed by atoms with E-state index in [0.717, 1.165) is 76.5 Å². The summed E-state index contributed by atoms with van der Waals surface area (Å²) >= 11 is 0. The molecule has 5 heteroatoms. The van der Waals surface area contributed by atoms with Crippen LogP contribution in [-0.2, 0) is 0 Å². The minimum absolute atomic E-state index is 0.316. The van der Waals surface area contributed by atoms with Crippen molar-refractivity contribution in [1.29, 1.82) is 0 Å². The third-order valence-electron chi connectivity index (χ3n) is 5.55. The second-order valence-electron chi connectivity index (χ2n) is 7.46. The molecule has 3 saturated heterocycles. The predicted octanol–water partition coefficient (Wildman–Crippen LogP) is 2.55. The van der Waals surface area contributed by atoms with E-state index in [9.17, 15) is 0 Å². The van der Waals surface area contributed by atoms with Gasteiger partial charge in [0.15, 0.2) is 0 Å². The highest BCUT2D eigenvalue weighted by Gasteiger charge is 2.22. The summed E-state index contributed by atoms with van der Waals surface area (Å²) in [6, 6.07) is 6.47. The molecule has 138 valence electrons. The fraction of sp³-hybridized carbons (Fsp3) is 0.700. The van der Waals surface area contributed by atoms with Crippen molar-refractivity contribution in [2.75, 3.05) is 44.2 Å². The summed E-state index contributed by atoms with van der Waals surface area (Å²) in [7, 11) is 0. The molecule has 0 unspecified atom stereocenters. The van der Waals surface area contributed by atoms with Gasteiger partial charge in [-0.15, -0.1) is 0 Å². The van der Waals surface area contributed by atoms with Gasteiger partial charge in [-0.1, -0.05) is 0 Å². The lowest BCUT2D eigenvalue weighted by Gasteiger charge is -2.29. The third kappa shape index (κ3) is 4.39. The highest BCUT2D eigenvalue weighted by atomic mass is 16.5. The Hall–Kier alpha value is -1.46. The van der Waals surface area contributed by atoms with E-state index in [1.807, 2.05) is 0 Å². The summed E-state index contributed by atoms with van der Waals surface area (Å²) in [6.07, 6.45) is 7.52. The Kier molecular flexibility index (Phi) is 5.62. The van der Waals surface area contributed by atoms with Crippen molar-refractivity contribution in [3.8, 4) is 11.5 Å². The lowest BCUT2D eigenvalue weighted by atomic mass is 10.1. The van der Waals surface area contributed by atoms with Crippen molar-refractivity contribution < 1.29 is 9.47 Å². The van der Waals surface area contributed by atoms with E-state index in [0.29, 0.717) is 12.2 Å². The first-order valence-corrected chi connectivity index (χ1v) is 10.0. The monoisotopic (exact) mass is 345 g/mol. The number of nitrogens with one attached hydrogen (secondary N) is 2. The largest absolute Gasteiger partial charge is 0.490 e. The Labute approximate surface area is 151 Å². The van der Waals surface area contributed by atoms with Gasteiger partial charge in [0.25, 0.3) is 0 Å². The molecule has 3 aliphatic heterocycles. The van der Waals surface area contributed by atoms with Crippen LogP contribution in [0.15, 0.2) is 18.2 Å². The first-order valence-electron chi connectivity index (χ1n) is 10.0. The summed E-state index contributed by atoms with van der Waals surface area (Å²) in [5.41, 5.74) is 1.24. The maximum Gasteiger partial charge on any atom is 0.146 e. The first kappa shape index (κ1) is 17.0. The second-order valence-corrected chi connectivity index (χ2v) is 7.46. The minimum atomic E-state index is 0.316. The fourth-order valence-electron chi connectivity index (χ4n) is 4.08. The molecule has 5 nitrogen and oxygen atoms in total. The van der Waals surface area contributed by atoms with Gasteiger partial charge in [0.1, 0.15) is 23.7 Å². The molecule has 3 heterocycles. The van der Waals surface area contributed by atoms with Crippen molar-refractivity contribution in [2.24, 2.45) is 0 Å². The summed E-state index contributed by atoms with van der Waals surface area (Å²) < 4.78 is 12.7. The van der Waals surface area contributed by atoms with Gasteiger partial charge in [0.05, 0.1) is 5.69 Å². The SMILES string of the molecule is c1cc(N2CCCC2)c(OC2CCNCC2)cc1OC1CCNCC1. The second kappa shape index (κ2) is 8.28.